The molecule has 0 saturated carbocycles. The molecule has 0 aromatic carbocycles. The summed E-state index contributed by atoms with van der Waals surface area (Å²) in [6.45, 7) is 2.02. The molecule has 0 aliphatic carbocycles. The van der Waals surface area contributed by atoms with Gasteiger partial charge in [-0.2, -0.15) is 0 Å². The second-order valence-corrected chi connectivity index (χ2v) is 4.80. The number of hydrogen-bond acceptors (Lipinski definition) is 4. The van der Waals surface area contributed by atoms with Gasteiger partial charge in [0.15, 0.2) is 0 Å². The maximum atomic E-state index is 5.72. The molecule has 0 bridgehead atoms. The lowest BCUT2D eigenvalue weighted by atomic mass is 10.2. The Morgan fingerprint density at radius 2 is 2.25 bits per heavy atom. The van der Waals surface area contributed by atoms with Crippen LogP contribution in [0.3, 0.4) is 0 Å². The third-order valence-corrected chi connectivity index (χ3v) is 3.20. The van der Waals surface area contributed by atoms with E-state index in [4.69, 9.17) is 5.73 Å². The van der Waals surface area contributed by atoms with Gasteiger partial charge in [-0.25, -0.2) is 4.98 Å². The molecular weight excluding hydrogens is 218 g/mol. The van der Waals surface area contributed by atoms with E-state index < -0.39 is 0 Å². The molecule has 2 rings (SSSR count). The summed E-state index contributed by atoms with van der Waals surface area (Å²) >= 11 is 1.68. The van der Waals surface area contributed by atoms with Gasteiger partial charge >= 0.3 is 0 Å². The second kappa shape index (κ2) is 5.18. The van der Waals surface area contributed by atoms with Crippen molar-refractivity contribution >= 4 is 11.3 Å². The molecule has 0 aliphatic heterocycles. The molecule has 0 fully saturated rings. The van der Waals surface area contributed by atoms with Crippen molar-refractivity contribution in [2.45, 2.75) is 25.8 Å². The minimum absolute atomic E-state index is 0.238. The molecule has 2 aromatic heterocycles. The van der Waals surface area contributed by atoms with Gasteiger partial charge in [-0.05, 0) is 25.5 Å². The van der Waals surface area contributed by atoms with Crippen LogP contribution >= 0.6 is 11.3 Å². The van der Waals surface area contributed by atoms with Gasteiger partial charge in [-0.15, -0.1) is 11.3 Å². The SMILES string of the molecule is CC(N)CCc1nc(-c2ccccn2)cs1. The number of pyridine rings is 1. The standard InChI is InChI=1S/C12H15N3S/c1-9(13)5-6-12-15-11(8-16-12)10-4-2-3-7-14-10/h2-4,7-9H,5-6,13H2,1H3. The molecule has 0 amide bonds. The van der Waals surface area contributed by atoms with Gasteiger partial charge < -0.3 is 5.73 Å². The molecule has 0 radical (unpaired) electrons. The van der Waals surface area contributed by atoms with E-state index in [-0.39, 0.29) is 6.04 Å². The first kappa shape index (κ1) is 11.2. The van der Waals surface area contributed by atoms with Crippen LogP contribution in [-0.2, 0) is 6.42 Å². The highest BCUT2D eigenvalue weighted by atomic mass is 32.1. The second-order valence-electron chi connectivity index (χ2n) is 3.86. The summed E-state index contributed by atoms with van der Waals surface area (Å²) in [5.41, 5.74) is 7.62. The van der Waals surface area contributed by atoms with Crippen molar-refractivity contribution in [3.63, 3.8) is 0 Å². The van der Waals surface area contributed by atoms with Crippen molar-refractivity contribution in [1.29, 1.82) is 0 Å². The Morgan fingerprint density at radius 3 is 2.94 bits per heavy atom. The van der Waals surface area contributed by atoms with E-state index in [1.807, 2.05) is 25.1 Å². The van der Waals surface area contributed by atoms with E-state index in [1.54, 1.807) is 17.5 Å². The van der Waals surface area contributed by atoms with Crippen LogP contribution in [0.1, 0.15) is 18.4 Å². The molecule has 84 valence electrons. The van der Waals surface area contributed by atoms with Crippen molar-refractivity contribution in [2.75, 3.05) is 0 Å². The Morgan fingerprint density at radius 1 is 1.38 bits per heavy atom. The van der Waals surface area contributed by atoms with E-state index in [1.165, 1.54) is 0 Å². The fourth-order valence-corrected chi connectivity index (χ4v) is 2.22. The monoisotopic (exact) mass is 233 g/mol. The molecule has 3 nitrogen and oxygen atoms in total. The zero-order valence-corrected chi connectivity index (χ0v) is 10.1. The van der Waals surface area contributed by atoms with E-state index in [0.29, 0.717) is 0 Å². The summed E-state index contributed by atoms with van der Waals surface area (Å²) < 4.78 is 0. The van der Waals surface area contributed by atoms with Gasteiger partial charge in [-0.3, -0.25) is 4.98 Å². The minimum atomic E-state index is 0.238. The molecule has 2 aromatic rings. The molecule has 0 saturated heterocycles. The normalized spacial score (nSPS) is 12.6. The van der Waals surface area contributed by atoms with Crippen LogP contribution in [0.2, 0.25) is 0 Å². The first-order valence-electron chi connectivity index (χ1n) is 5.37. The Kier molecular flexibility index (Phi) is 3.64. The van der Waals surface area contributed by atoms with Crippen LogP contribution in [0.5, 0.6) is 0 Å². The predicted octanol–water partition coefficient (Wildman–Crippen LogP) is 2.48. The summed E-state index contributed by atoms with van der Waals surface area (Å²) in [6.07, 6.45) is 3.72. The number of hydrogen-bond donors (Lipinski definition) is 1. The number of nitrogens with two attached hydrogens (primary N) is 1. The molecule has 16 heavy (non-hydrogen) atoms. The number of aryl methyl sites for hydroxylation is 1. The largest absolute Gasteiger partial charge is 0.328 e. The van der Waals surface area contributed by atoms with E-state index in [0.717, 1.165) is 29.2 Å². The molecule has 0 spiro atoms. The van der Waals surface area contributed by atoms with Gasteiger partial charge in [0.25, 0.3) is 0 Å². The Labute approximate surface area is 99.4 Å². The topological polar surface area (TPSA) is 51.8 Å². The summed E-state index contributed by atoms with van der Waals surface area (Å²) in [6, 6.07) is 6.10. The van der Waals surface area contributed by atoms with E-state index >= 15 is 0 Å². The Balaban J connectivity index is 2.08. The maximum absolute atomic E-state index is 5.72. The fraction of sp³-hybridized carbons (Fsp3) is 0.333. The lowest BCUT2D eigenvalue weighted by Crippen LogP contribution is -2.15. The lowest BCUT2D eigenvalue weighted by Gasteiger charge is -2.00. The molecular formula is C12H15N3S. The van der Waals surface area contributed by atoms with E-state index in [9.17, 15) is 0 Å². The molecule has 1 unspecified atom stereocenters. The fourth-order valence-electron chi connectivity index (χ4n) is 1.41. The van der Waals surface area contributed by atoms with E-state index in [2.05, 4.69) is 15.3 Å². The van der Waals surface area contributed by atoms with Crippen molar-refractivity contribution in [3.8, 4) is 11.4 Å². The molecule has 1 atom stereocenters. The molecule has 2 N–H and O–H groups in total. The summed E-state index contributed by atoms with van der Waals surface area (Å²) in [7, 11) is 0. The van der Waals surface area contributed by atoms with Crippen LogP contribution in [0.4, 0.5) is 0 Å². The van der Waals surface area contributed by atoms with Crippen LogP contribution in [0, 0.1) is 0 Å². The third kappa shape index (κ3) is 2.87. The summed E-state index contributed by atoms with van der Waals surface area (Å²) in [5, 5.41) is 3.19. The minimum Gasteiger partial charge on any atom is -0.328 e. The van der Waals surface area contributed by atoms with Crippen molar-refractivity contribution < 1.29 is 0 Å². The number of rotatable bonds is 4. The number of nitrogens with zero attached hydrogens (tertiary/aromatic N) is 2. The summed E-state index contributed by atoms with van der Waals surface area (Å²) in [5.74, 6) is 0. The molecule has 0 aliphatic rings. The quantitative estimate of drug-likeness (QED) is 0.882. The van der Waals surface area contributed by atoms with Gasteiger partial charge in [0.1, 0.15) is 0 Å². The first-order chi connectivity index (χ1) is 7.75. The Hall–Kier alpha value is -1.26. The zero-order chi connectivity index (χ0) is 11.4. The van der Waals surface area contributed by atoms with Gasteiger partial charge in [0.05, 0.1) is 16.4 Å². The lowest BCUT2D eigenvalue weighted by molar-refractivity contribution is 0.664. The maximum Gasteiger partial charge on any atom is 0.0998 e. The Bertz CT molecular complexity index is 437. The van der Waals surface area contributed by atoms with Crippen LogP contribution in [0.25, 0.3) is 11.4 Å². The first-order valence-corrected chi connectivity index (χ1v) is 6.25. The number of aromatic nitrogens is 2. The van der Waals surface area contributed by atoms with Crippen molar-refractivity contribution in [3.05, 3.63) is 34.8 Å². The average molecular weight is 233 g/mol. The van der Waals surface area contributed by atoms with Crippen LogP contribution in [0.15, 0.2) is 29.8 Å². The molecule has 4 heteroatoms. The summed E-state index contributed by atoms with van der Waals surface area (Å²) in [4.78, 5) is 8.83. The van der Waals surface area contributed by atoms with Crippen LogP contribution in [-0.4, -0.2) is 16.0 Å². The third-order valence-electron chi connectivity index (χ3n) is 2.29. The van der Waals surface area contributed by atoms with Crippen molar-refractivity contribution in [2.24, 2.45) is 5.73 Å². The van der Waals surface area contributed by atoms with Gasteiger partial charge in [0.2, 0.25) is 0 Å². The highest BCUT2D eigenvalue weighted by Crippen LogP contribution is 2.20. The van der Waals surface area contributed by atoms with Crippen molar-refractivity contribution in [1.82, 2.24) is 9.97 Å². The number of thiazole rings is 1. The van der Waals surface area contributed by atoms with Gasteiger partial charge in [-0.1, -0.05) is 6.07 Å². The van der Waals surface area contributed by atoms with Gasteiger partial charge in [0, 0.05) is 24.0 Å². The predicted molar refractivity (Wildman–Crippen MR) is 67.3 cm³/mol. The smallest absolute Gasteiger partial charge is 0.0998 e. The highest BCUT2D eigenvalue weighted by molar-refractivity contribution is 7.09. The molecule has 2 heterocycles. The van der Waals surface area contributed by atoms with Crippen LogP contribution < -0.4 is 5.73 Å². The highest BCUT2D eigenvalue weighted by Gasteiger charge is 2.05. The zero-order valence-electron chi connectivity index (χ0n) is 9.26. The average Bonchev–Trinajstić information content (AvgIpc) is 2.76.